The van der Waals surface area contributed by atoms with Crippen LogP contribution in [0.4, 0.5) is 0 Å². The second-order valence-corrected chi connectivity index (χ2v) is 6.63. The molecule has 1 aromatic carbocycles. The molecule has 7 nitrogen and oxygen atoms in total. The van der Waals surface area contributed by atoms with Gasteiger partial charge in [-0.1, -0.05) is 30.3 Å². The molecule has 2 amide bonds. The first-order chi connectivity index (χ1) is 12.7. The Morgan fingerprint density at radius 2 is 1.50 bits per heavy atom. The van der Waals surface area contributed by atoms with Crippen LogP contribution < -0.4 is 0 Å². The number of nitrogens with zero attached hydrogens (tertiary/aromatic N) is 3. The molecule has 2 heterocycles. The van der Waals surface area contributed by atoms with Gasteiger partial charge in [0, 0.05) is 39.3 Å². The third kappa shape index (κ3) is 5.52. The molecule has 0 saturated carbocycles. The Morgan fingerprint density at radius 3 is 2.15 bits per heavy atom. The molecule has 7 heteroatoms. The molecule has 0 aromatic heterocycles. The highest BCUT2D eigenvalue weighted by molar-refractivity contribution is 5.80. The minimum Gasteiger partial charge on any atom is -0.379 e. The molecule has 2 aliphatic rings. The summed E-state index contributed by atoms with van der Waals surface area (Å²) in [6, 6.07) is 9.81. The fourth-order valence-electron chi connectivity index (χ4n) is 3.18. The van der Waals surface area contributed by atoms with Crippen LogP contribution in [-0.4, -0.2) is 92.1 Å². The van der Waals surface area contributed by atoms with Crippen molar-refractivity contribution in [3.63, 3.8) is 0 Å². The monoisotopic (exact) mass is 361 g/mol. The first-order valence-electron chi connectivity index (χ1n) is 9.20. The topological polar surface area (TPSA) is 62.3 Å². The molecule has 0 spiro atoms. The maximum Gasteiger partial charge on any atom is 0.248 e. The van der Waals surface area contributed by atoms with Crippen molar-refractivity contribution in [1.29, 1.82) is 0 Å². The number of rotatable bonds is 6. The van der Waals surface area contributed by atoms with Gasteiger partial charge in [-0.25, -0.2) is 0 Å². The lowest BCUT2D eigenvalue weighted by Crippen LogP contribution is -2.54. The molecule has 0 atom stereocenters. The molecule has 142 valence electrons. The number of hydrogen-bond donors (Lipinski definition) is 0. The van der Waals surface area contributed by atoms with E-state index in [-0.39, 0.29) is 18.4 Å². The zero-order chi connectivity index (χ0) is 18.2. The normalized spacial score (nSPS) is 18.8. The van der Waals surface area contributed by atoms with Crippen LogP contribution in [-0.2, 0) is 25.7 Å². The minimum atomic E-state index is -0.0128. The summed E-state index contributed by atoms with van der Waals surface area (Å²) in [5, 5.41) is 0. The Hall–Kier alpha value is -1.96. The SMILES string of the molecule is O=C(COCc1ccccc1)N1CCN(C(=O)CN2CCOCC2)CC1. The lowest BCUT2D eigenvalue weighted by molar-refractivity contribution is -0.143. The third-order valence-electron chi connectivity index (χ3n) is 4.78. The van der Waals surface area contributed by atoms with Crippen molar-refractivity contribution in [2.75, 3.05) is 65.6 Å². The number of carbonyl (C=O) groups is 2. The number of amides is 2. The highest BCUT2D eigenvalue weighted by Gasteiger charge is 2.25. The first-order valence-corrected chi connectivity index (χ1v) is 9.20. The molecule has 0 unspecified atom stereocenters. The molecule has 2 saturated heterocycles. The van der Waals surface area contributed by atoms with E-state index < -0.39 is 0 Å². The molecular weight excluding hydrogens is 334 g/mol. The second kappa shape index (κ2) is 9.66. The molecule has 2 aliphatic heterocycles. The highest BCUT2D eigenvalue weighted by atomic mass is 16.5. The fraction of sp³-hybridized carbons (Fsp3) is 0.579. The van der Waals surface area contributed by atoms with Gasteiger partial charge in [-0.3, -0.25) is 14.5 Å². The summed E-state index contributed by atoms with van der Waals surface area (Å²) in [6.45, 7) is 6.29. The fourth-order valence-corrected chi connectivity index (χ4v) is 3.18. The summed E-state index contributed by atoms with van der Waals surface area (Å²) in [6.07, 6.45) is 0. The van der Waals surface area contributed by atoms with Crippen LogP contribution in [0.1, 0.15) is 5.56 Å². The maximum atomic E-state index is 12.4. The molecule has 26 heavy (non-hydrogen) atoms. The van der Waals surface area contributed by atoms with Gasteiger partial charge in [0.2, 0.25) is 11.8 Å². The van der Waals surface area contributed by atoms with E-state index in [2.05, 4.69) is 4.90 Å². The van der Waals surface area contributed by atoms with Crippen LogP contribution in [0.15, 0.2) is 30.3 Å². The van der Waals surface area contributed by atoms with Gasteiger partial charge in [0.25, 0.3) is 0 Å². The van der Waals surface area contributed by atoms with E-state index in [1.807, 2.05) is 35.2 Å². The molecule has 0 aliphatic carbocycles. The van der Waals surface area contributed by atoms with Gasteiger partial charge in [0.1, 0.15) is 6.61 Å². The molecule has 2 fully saturated rings. The van der Waals surface area contributed by atoms with E-state index in [1.165, 1.54) is 0 Å². The first kappa shape index (κ1) is 18.8. The van der Waals surface area contributed by atoms with Crippen molar-refractivity contribution < 1.29 is 19.1 Å². The summed E-state index contributed by atoms with van der Waals surface area (Å²) >= 11 is 0. The van der Waals surface area contributed by atoms with Crippen LogP contribution in [0.3, 0.4) is 0 Å². The Bertz CT molecular complexity index is 582. The predicted molar refractivity (Wildman–Crippen MR) is 96.5 cm³/mol. The number of piperazine rings is 1. The Balaban J connectivity index is 1.34. The standard InChI is InChI=1S/C19H27N3O4/c23-18(14-20-10-12-25-13-11-20)21-6-8-22(9-7-21)19(24)16-26-15-17-4-2-1-3-5-17/h1-5H,6-16H2. The number of ether oxygens (including phenoxy) is 2. The van der Waals surface area contributed by atoms with E-state index in [0.29, 0.717) is 52.5 Å². The zero-order valence-corrected chi connectivity index (χ0v) is 15.1. The number of morpholine rings is 1. The molecule has 0 bridgehead atoms. The lowest BCUT2D eigenvalue weighted by Gasteiger charge is -2.36. The van der Waals surface area contributed by atoms with Crippen LogP contribution in [0.2, 0.25) is 0 Å². The van der Waals surface area contributed by atoms with Crippen molar-refractivity contribution in [2.45, 2.75) is 6.61 Å². The quantitative estimate of drug-likeness (QED) is 0.725. The van der Waals surface area contributed by atoms with E-state index in [9.17, 15) is 9.59 Å². The van der Waals surface area contributed by atoms with Crippen molar-refractivity contribution in [1.82, 2.24) is 14.7 Å². The van der Waals surface area contributed by atoms with Crippen LogP contribution in [0.25, 0.3) is 0 Å². The van der Waals surface area contributed by atoms with Gasteiger partial charge >= 0.3 is 0 Å². The van der Waals surface area contributed by atoms with Gasteiger partial charge in [-0.05, 0) is 5.56 Å². The lowest BCUT2D eigenvalue weighted by atomic mass is 10.2. The van der Waals surface area contributed by atoms with E-state index in [1.54, 1.807) is 4.90 Å². The molecular formula is C19H27N3O4. The maximum absolute atomic E-state index is 12.4. The van der Waals surface area contributed by atoms with Crippen LogP contribution in [0.5, 0.6) is 0 Å². The van der Waals surface area contributed by atoms with Crippen LogP contribution >= 0.6 is 0 Å². The zero-order valence-electron chi connectivity index (χ0n) is 15.1. The van der Waals surface area contributed by atoms with Crippen molar-refractivity contribution >= 4 is 11.8 Å². The molecule has 0 radical (unpaired) electrons. The summed E-state index contributed by atoms with van der Waals surface area (Å²) in [7, 11) is 0. The van der Waals surface area contributed by atoms with Crippen molar-refractivity contribution in [3.05, 3.63) is 35.9 Å². The second-order valence-electron chi connectivity index (χ2n) is 6.63. The Morgan fingerprint density at radius 1 is 0.885 bits per heavy atom. The molecule has 3 rings (SSSR count). The summed E-state index contributed by atoms with van der Waals surface area (Å²) < 4.78 is 10.8. The third-order valence-corrected chi connectivity index (χ3v) is 4.78. The largest absolute Gasteiger partial charge is 0.379 e. The van der Waals surface area contributed by atoms with E-state index in [4.69, 9.17) is 9.47 Å². The van der Waals surface area contributed by atoms with Gasteiger partial charge in [-0.15, -0.1) is 0 Å². The van der Waals surface area contributed by atoms with E-state index in [0.717, 1.165) is 18.7 Å². The predicted octanol–water partition coefficient (Wildman–Crippen LogP) is 0.206. The number of carbonyl (C=O) groups excluding carboxylic acids is 2. The summed E-state index contributed by atoms with van der Waals surface area (Å²) in [5.41, 5.74) is 1.05. The average molecular weight is 361 g/mol. The van der Waals surface area contributed by atoms with E-state index >= 15 is 0 Å². The minimum absolute atomic E-state index is 0.0128. The highest BCUT2D eigenvalue weighted by Crippen LogP contribution is 2.06. The average Bonchev–Trinajstić information content (AvgIpc) is 2.69. The van der Waals surface area contributed by atoms with Gasteiger partial charge in [-0.2, -0.15) is 0 Å². The smallest absolute Gasteiger partial charge is 0.248 e. The molecule has 0 N–H and O–H groups in total. The van der Waals surface area contributed by atoms with Crippen LogP contribution in [0, 0.1) is 0 Å². The van der Waals surface area contributed by atoms with Gasteiger partial charge < -0.3 is 19.3 Å². The number of benzene rings is 1. The molecule has 1 aromatic rings. The van der Waals surface area contributed by atoms with Crippen molar-refractivity contribution in [2.24, 2.45) is 0 Å². The summed E-state index contributed by atoms with van der Waals surface area (Å²) in [4.78, 5) is 30.4. The van der Waals surface area contributed by atoms with Gasteiger partial charge in [0.05, 0.1) is 26.4 Å². The Labute approximate surface area is 154 Å². The number of hydrogen-bond acceptors (Lipinski definition) is 5. The van der Waals surface area contributed by atoms with Crippen molar-refractivity contribution in [3.8, 4) is 0 Å². The van der Waals surface area contributed by atoms with Gasteiger partial charge in [0.15, 0.2) is 0 Å². The summed E-state index contributed by atoms with van der Waals surface area (Å²) in [5.74, 6) is 0.125. The Kier molecular flexibility index (Phi) is 6.99.